The van der Waals surface area contributed by atoms with Crippen LogP contribution in [0.3, 0.4) is 0 Å². The smallest absolute Gasteiger partial charge is 0.326 e. The highest BCUT2D eigenvalue weighted by atomic mass is 32.2. The number of thiocarbonyl (C=S) groups is 1. The SMILES string of the molecule is CSC(C)CC(=S)N(C)[C@@H](C)C(=O)O. The molecule has 0 fully saturated rings. The van der Waals surface area contributed by atoms with Crippen molar-refractivity contribution in [2.24, 2.45) is 0 Å². The summed E-state index contributed by atoms with van der Waals surface area (Å²) in [7, 11) is 1.73. The Balaban J connectivity index is 4.18. The maximum Gasteiger partial charge on any atom is 0.326 e. The van der Waals surface area contributed by atoms with Crippen LogP contribution in [-0.4, -0.2) is 45.6 Å². The largest absolute Gasteiger partial charge is 0.480 e. The fraction of sp³-hybridized carbons (Fsp3) is 0.778. The van der Waals surface area contributed by atoms with Crippen LogP contribution in [-0.2, 0) is 4.79 Å². The third kappa shape index (κ3) is 4.28. The zero-order valence-electron chi connectivity index (χ0n) is 8.98. The Bertz CT molecular complexity index is 221. The van der Waals surface area contributed by atoms with Crippen molar-refractivity contribution in [1.82, 2.24) is 4.90 Å². The molecule has 0 aliphatic rings. The summed E-state index contributed by atoms with van der Waals surface area (Å²) in [5.74, 6) is -0.841. The van der Waals surface area contributed by atoms with Gasteiger partial charge in [-0.05, 0) is 13.2 Å². The highest BCUT2D eigenvalue weighted by molar-refractivity contribution is 7.99. The third-order valence-corrected chi connectivity index (χ3v) is 3.62. The van der Waals surface area contributed by atoms with Gasteiger partial charge in [-0.15, -0.1) is 0 Å². The van der Waals surface area contributed by atoms with Gasteiger partial charge >= 0.3 is 5.97 Å². The van der Waals surface area contributed by atoms with Crippen LogP contribution in [0.15, 0.2) is 0 Å². The summed E-state index contributed by atoms with van der Waals surface area (Å²) in [5, 5.41) is 9.22. The molecular formula is C9H17NO2S2. The molecule has 0 amide bonds. The molecule has 3 nitrogen and oxygen atoms in total. The van der Waals surface area contributed by atoms with Crippen molar-refractivity contribution in [2.45, 2.75) is 31.6 Å². The first-order valence-corrected chi connectivity index (χ1v) is 6.11. The summed E-state index contributed by atoms with van der Waals surface area (Å²) in [6.07, 6.45) is 2.78. The predicted octanol–water partition coefficient (Wildman–Crippen LogP) is 1.86. The van der Waals surface area contributed by atoms with Crippen LogP contribution in [0.5, 0.6) is 0 Å². The number of nitrogens with zero attached hydrogens (tertiary/aromatic N) is 1. The van der Waals surface area contributed by atoms with E-state index in [1.54, 1.807) is 30.6 Å². The lowest BCUT2D eigenvalue weighted by molar-refractivity contribution is -0.140. The molecule has 0 bridgehead atoms. The number of aliphatic carboxylic acids is 1. The maximum atomic E-state index is 10.7. The first-order valence-electron chi connectivity index (χ1n) is 4.41. The maximum absolute atomic E-state index is 10.7. The van der Waals surface area contributed by atoms with Crippen molar-refractivity contribution in [3.8, 4) is 0 Å². The molecule has 14 heavy (non-hydrogen) atoms. The summed E-state index contributed by atoms with van der Waals surface area (Å²) >= 11 is 6.89. The second-order valence-corrected chi connectivity index (χ2v) is 5.02. The molecule has 0 aromatic heterocycles. The minimum absolute atomic E-state index is 0.436. The number of rotatable bonds is 5. The van der Waals surface area contributed by atoms with Crippen LogP contribution < -0.4 is 0 Å². The minimum Gasteiger partial charge on any atom is -0.480 e. The summed E-state index contributed by atoms with van der Waals surface area (Å²) in [5.41, 5.74) is 0. The molecule has 0 saturated carbocycles. The number of carbonyl (C=O) groups is 1. The number of likely N-dealkylation sites (N-methyl/N-ethyl adjacent to an activating group) is 1. The van der Waals surface area contributed by atoms with Crippen LogP contribution in [0, 0.1) is 0 Å². The van der Waals surface area contributed by atoms with E-state index in [1.165, 1.54) is 0 Å². The quantitative estimate of drug-likeness (QED) is 0.737. The van der Waals surface area contributed by atoms with Crippen molar-refractivity contribution in [3.05, 3.63) is 0 Å². The molecule has 0 aromatic carbocycles. The van der Waals surface area contributed by atoms with Crippen molar-refractivity contribution in [3.63, 3.8) is 0 Å². The number of thioether (sulfide) groups is 1. The second kappa shape index (κ2) is 6.24. The van der Waals surface area contributed by atoms with E-state index in [1.807, 2.05) is 6.26 Å². The monoisotopic (exact) mass is 235 g/mol. The summed E-state index contributed by atoms with van der Waals surface area (Å²) in [4.78, 5) is 13.0. The Morgan fingerprint density at radius 1 is 1.57 bits per heavy atom. The molecule has 0 rings (SSSR count). The van der Waals surface area contributed by atoms with E-state index in [0.29, 0.717) is 10.2 Å². The molecule has 0 aliphatic heterocycles. The fourth-order valence-corrected chi connectivity index (χ4v) is 1.69. The lowest BCUT2D eigenvalue weighted by Gasteiger charge is -2.25. The van der Waals surface area contributed by atoms with Crippen LogP contribution in [0.1, 0.15) is 20.3 Å². The van der Waals surface area contributed by atoms with E-state index in [9.17, 15) is 4.79 Å². The van der Waals surface area contributed by atoms with Gasteiger partial charge in [0.15, 0.2) is 0 Å². The van der Waals surface area contributed by atoms with Gasteiger partial charge in [0, 0.05) is 18.7 Å². The second-order valence-electron chi connectivity index (χ2n) is 3.27. The van der Waals surface area contributed by atoms with E-state index >= 15 is 0 Å². The van der Waals surface area contributed by atoms with Gasteiger partial charge in [0.1, 0.15) is 6.04 Å². The van der Waals surface area contributed by atoms with Gasteiger partial charge in [-0.3, -0.25) is 0 Å². The molecule has 1 unspecified atom stereocenters. The Kier molecular flexibility index (Phi) is 6.11. The average molecular weight is 235 g/mol. The van der Waals surface area contributed by atoms with Crippen LogP contribution in [0.2, 0.25) is 0 Å². The van der Waals surface area contributed by atoms with E-state index < -0.39 is 12.0 Å². The van der Waals surface area contributed by atoms with Gasteiger partial charge in [0.25, 0.3) is 0 Å². The number of carboxylic acid groups (broad SMARTS) is 1. The molecule has 0 aliphatic carbocycles. The fourth-order valence-electron chi connectivity index (χ4n) is 0.855. The molecule has 0 heterocycles. The normalized spacial score (nSPS) is 14.6. The summed E-state index contributed by atoms with van der Waals surface area (Å²) < 4.78 is 0. The topological polar surface area (TPSA) is 40.5 Å². The Labute approximate surface area is 94.9 Å². The Hall–Kier alpha value is -0.290. The molecule has 0 aromatic rings. The molecule has 5 heteroatoms. The van der Waals surface area contributed by atoms with Crippen LogP contribution >= 0.6 is 24.0 Å². The average Bonchev–Trinajstić information content (AvgIpc) is 2.14. The number of carboxylic acids is 1. The molecule has 2 atom stereocenters. The van der Waals surface area contributed by atoms with E-state index in [-0.39, 0.29) is 0 Å². The van der Waals surface area contributed by atoms with E-state index in [4.69, 9.17) is 17.3 Å². The Morgan fingerprint density at radius 2 is 2.07 bits per heavy atom. The number of hydrogen-bond acceptors (Lipinski definition) is 3. The van der Waals surface area contributed by atoms with Gasteiger partial charge in [-0.2, -0.15) is 11.8 Å². The van der Waals surface area contributed by atoms with Crippen molar-refractivity contribution in [1.29, 1.82) is 0 Å². The van der Waals surface area contributed by atoms with E-state index in [2.05, 4.69) is 6.92 Å². The molecule has 1 N–H and O–H groups in total. The van der Waals surface area contributed by atoms with Gasteiger partial charge in [0.2, 0.25) is 0 Å². The first-order chi connectivity index (χ1) is 6.40. The van der Waals surface area contributed by atoms with Crippen molar-refractivity contribution >= 4 is 34.9 Å². The zero-order chi connectivity index (χ0) is 11.3. The predicted molar refractivity (Wildman–Crippen MR) is 65.1 cm³/mol. The lowest BCUT2D eigenvalue weighted by atomic mass is 10.2. The molecular weight excluding hydrogens is 218 g/mol. The first kappa shape index (κ1) is 13.7. The van der Waals surface area contributed by atoms with Crippen LogP contribution in [0.25, 0.3) is 0 Å². The summed E-state index contributed by atoms with van der Waals surface area (Å²) in [6, 6.07) is -0.545. The highest BCUT2D eigenvalue weighted by Crippen LogP contribution is 2.13. The highest BCUT2D eigenvalue weighted by Gasteiger charge is 2.19. The van der Waals surface area contributed by atoms with Gasteiger partial charge < -0.3 is 10.0 Å². The van der Waals surface area contributed by atoms with Gasteiger partial charge in [-0.1, -0.05) is 19.1 Å². The lowest BCUT2D eigenvalue weighted by Crippen LogP contribution is -2.40. The van der Waals surface area contributed by atoms with Gasteiger partial charge in [0.05, 0.1) is 4.99 Å². The van der Waals surface area contributed by atoms with Crippen LogP contribution in [0.4, 0.5) is 0 Å². The van der Waals surface area contributed by atoms with Crippen molar-refractivity contribution in [2.75, 3.05) is 13.3 Å². The molecule has 0 spiro atoms. The standard InChI is InChI=1S/C9H17NO2S2/c1-6(14-4)5-8(13)10(3)7(2)9(11)12/h6-7H,5H2,1-4H3,(H,11,12)/t6?,7-/m0/s1. The minimum atomic E-state index is -0.841. The Morgan fingerprint density at radius 3 is 2.43 bits per heavy atom. The molecule has 0 saturated heterocycles. The third-order valence-electron chi connectivity index (χ3n) is 2.20. The van der Waals surface area contributed by atoms with Gasteiger partial charge in [-0.25, -0.2) is 4.79 Å². The molecule has 82 valence electrons. The van der Waals surface area contributed by atoms with Crippen molar-refractivity contribution < 1.29 is 9.90 Å². The van der Waals surface area contributed by atoms with E-state index in [0.717, 1.165) is 6.42 Å². The zero-order valence-corrected chi connectivity index (χ0v) is 10.6. The number of hydrogen-bond donors (Lipinski definition) is 1. The summed E-state index contributed by atoms with van der Waals surface area (Å²) in [6.45, 7) is 3.72. The molecule has 0 radical (unpaired) electrons.